The topological polar surface area (TPSA) is 73.1 Å². The third kappa shape index (κ3) is 3.20. The molecule has 0 bridgehead atoms. The van der Waals surface area contributed by atoms with Crippen LogP contribution in [0.2, 0.25) is 0 Å². The average Bonchev–Trinajstić information content (AvgIpc) is 2.28. The van der Waals surface area contributed by atoms with Gasteiger partial charge in [-0.3, -0.25) is 0 Å². The molecule has 0 fully saturated rings. The molecule has 0 saturated heterocycles. The molecule has 0 aliphatic heterocycles. The second kappa shape index (κ2) is 5.70. The first-order valence-corrected chi connectivity index (χ1v) is 4.92. The molecule has 2 unspecified atom stereocenters. The molecule has 0 amide bonds. The maximum Gasteiger partial charge on any atom is 0.106 e. The van der Waals surface area contributed by atoms with Gasteiger partial charge >= 0.3 is 0 Å². The third-order valence-corrected chi connectivity index (χ3v) is 2.30. The predicted molar refractivity (Wildman–Crippen MR) is 57.5 cm³/mol. The second-order valence-electron chi connectivity index (χ2n) is 3.08. The van der Waals surface area contributed by atoms with Crippen LogP contribution in [0, 0.1) is 0 Å². The summed E-state index contributed by atoms with van der Waals surface area (Å²) in [5.74, 6) is -0.0422. The van der Waals surface area contributed by atoms with Gasteiger partial charge in [-0.1, -0.05) is 23.4 Å². The first-order chi connectivity index (χ1) is 7.19. The van der Waals surface area contributed by atoms with Crippen LogP contribution in [0.3, 0.4) is 0 Å². The number of benzene rings is 1. The molecule has 0 aliphatic rings. The average molecular weight is 230 g/mol. The molecule has 4 nitrogen and oxygen atoms in total. The van der Waals surface area contributed by atoms with Crippen molar-refractivity contribution in [3.63, 3.8) is 0 Å². The molecule has 0 spiro atoms. The largest absolute Gasteiger partial charge is 0.411 e. The van der Waals surface area contributed by atoms with Crippen LogP contribution in [0.25, 0.3) is 0 Å². The van der Waals surface area contributed by atoms with Crippen LogP contribution in [0.4, 0.5) is 0 Å². The molecule has 0 heterocycles. The minimum absolute atomic E-state index is 0.0422. The van der Waals surface area contributed by atoms with Gasteiger partial charge < -0.3 is 15.4 Å². The Hall–Kier alpha value is -1.10. The number of aliphatic hydroxyl groups is 2. The highest BCUT2D eigenvalue weighted by Gasteiger charge is 2.17. The van der Waals surface area contributed by atoms with Crippen molar-refractivity contribution in [1.82, 2.24) is 0 Å². The number of hydrogen-bond donors (Lipinski definition) is 3. The van der Waals surface area contributed by atoms with E-state index in [1.807, 2.05) is 0 Å². The van der Waals surface area contributed by atoms with Crippen LogP contribution >= 0.6 is 11.6 Å². The third-order valence-electron chi connectivity index (χ3n) is 1.98. The first-order valence-electron chi connectivity index (χ1n) is 4.38. The zero-order valence-corrected chi connectivity index (χ0v) is 8.67. The molecule has 1 aromatic rings. The van der Waals surface area contributed by atoms with Crippen LogP contribution in [0.5, 0.6) is 0 Å². The molecule has 5 heteroatoms. The Morgan fingerprint density at radius 2 is 2.13 bits per heavy atom. The van der Waals surface area contributed by atoms with E-state index in [0.29, 0.717) is 11.1 Å². The van der Waals surface area contributed by atoms with Crippen molar-refractivity contribution < 1.29 is 15.4 Å². The zero-order chi connectivity index (χ0) is 11.3. The fraction of sp³-hybridized carbons (Fsp3) is 0.300. The van der Waals surface area contributed by atoms with Gasteiger partial charge in [0.15, 0.2) is 0 Å². The molecule has 2 atom stereocenters. The highest BCUT2D eigenvalue weighted by atomic mass is 35.5. The van der Waals surface area contributed by atoms with E-state index in [9.17, 15) is 10.2 Å². The van der Waals surface area contributed by atoms with E-state index in [0.717, 1.165) is 0 Å². The standard InChI is InChI=1S/C10H12ClNO3/c11-5-9(13)10(14)8-3-1-2-7(4-8)6-12-15/h1-4,6,9-10,13-15H,5H2. The van der Waals surface area contributed by atoms with Crippen molar-refractivity contribution in [3.8, 4) is 0 Å². The smallest absolute Gasteiger partial charge is 0.106 e. The van der Waals surface area contributed by atoms with Crippen molar-refractivity contribution in [3.05, 3.63) is 35.4 Å². The molecular weight excluding hydrogens is 218 g/mol. The van der Waals surface area contributed by atoms with E-state index in [4.69, 9.17) is 16.8 Å². The van der Waals surface area contributed by atoms with Gasteiger partial charge in [-0.05, 0) is 17.2 Å². The molecule has 15 heavy (non-hydrogen) atoms. The lowest BCUT2D eigenvalue weighted by atomic mass is 10.0. The number of oxime groups is 1. The molecule has 0 radical (unpaired) electrons. The van der Waals surface area contributed by atoms with Crippen molar-refractivity contribution >= 4 is 17.8 Å². The van der Waals surface area contributed by atoms with E-state index < -0.39 is 12.2 Å². The summed E-state index contributed by atoms with van der Waals surface area (Å²) in [7, 11) is 0. The Morgan fingerprint density at radius 1 is 1.40 bits per heavy atom. The fourth-order valence-corrected chi connectivity index (χ4v) is 1.37. The summed E-state index contributed by atoms with van der Waals surface area (Å²) in [4.78, 5) is 0. The number of aliphatic hydroxyl groups excluding tert-OH is 2. The summed E-state index contributed by atoms with van der Waals surface area (Å²) < 4.78 is 0. The summed E-state index contributed by atoms with van der Waals surface area (Å²) in [6.07, 6.45) is -0.800. The van der Waals surface area contributed by atoms with Gasteiger partial charge in [0.2, 0.25) is 0 Å². The lowest BCUT2D eigenvalue weighted by molar-refractivity contribution is 0.0327. The minimum Gasteiger partial charge on any atom is -0.411 e. The van der Waals surface area contributed by atoms with E-state index >= 15 is 0 Å². The normalized spacial score (nSPS) is 15.4. The van der Waals surface area contributed by atoms with Crippen LogP contribution in [-0.4, -0.2) is 33.6 Å². The molecular formula is C10H12ClNO3. The fourth-order valence-electron chi connectivity index (χ4n) is 1.20. The van der Waals surface area contributed by atoms with E-state index in [2.05, 4.69) is 5.16 Å². The number of nitrogens with zero attached hydrogens (tertiary/aromatic N) is 1. The van der Waals surface area contributed by atoms with Crippen LogP contribution in [0.15, 0.2) is 29.4 Å². The van der Waals surface area contributed by atoms with Gasteiger partial charge in [0, 0.05) is 0 Å². The Kier molecular flexibility index (Phi) is 4.55. The van der Waals surface area contributed by atoms with Crippen LogP contribution < -0.4 is 0 Å². The molecule has 0 aliphatic carbocycles. The van der Waals surface area contributed by atoms with Crippen LogP contribution in [-0.2, 0) is 0 Å². The number of rotatable bonds is 4. The molecule has 1 aromatic carbocycles. The van der Waals surface area contributed by atoms with Gasteiger partial charge in [-0.2, -0.15) is 0 Å². The SMILES string of the molecule is ON=Cc1cccc(C(O)C(O)CCl)c1. The highest BCUT2D eigenvalue weighted by molar-refractivity contribution is 6.18. The number of hydrogen-bond acceptors (Lipinski definition) is 4. The first kappa shape index (κ1) is 12.0. The highest BCUT2D eigenvalue weighted by Crippen LogP contribution is 2.18. The summed E-state index contributed by atoms with van der Waals surface area (Å²) >= 11 is 5.42. The second-order valence-corrected chi connectivity index (χ2v) is 3.39. The summed E-state index contributed by atoms with van der Waals surface area (Å²) in [5.41, 5.74) is 1.16. The van der Waals surface area contributed by atoms with Crippen molar-refractivity contribution in [2.75, 3.05) is 5.88 Å². The molecule has 0 saturated carbocycles. The summed E-state index contributed by atoms with van der Waals surface area (Å²) in [6, 6.07) is 6.68. The van der Waals surface area contributed by atoms with Crippen molar-refractivity contribution in [2.24, 2.45) is 5.16 Å². The van der Waals surface area contributed by atoms with Gasteiger partial charge in [-0.25, -0.2) is 0 Å². The lowest BCUT2D eigenvalue weighted by Gasteiger charge is -2.15. The zero-order valence-electron chi connectivity index (χ0n) is 7.92. The van der Waals surface area contributed by atoms with E-state index in [1.165, 1.54) is 6.21 Å². The maximum absolute atomic E-state index is 9.64. The molecule has 3 N–H and O–H groups in total. The van der Waals surface area contributed by atoms with Crippen LogP contribution in [0.1, 0.15) is 17.2 Å². The van der Waals surface area contributed by atoms with Gasteiger partial charge in [0.05, 0.1) is 18.2 Å². The Bertz CT molecular complexity index is 343. The van der Waals surface area contributed by atoms with Gasteiger partial charge in [-0.15, -0.1) is 11.6 Å². The Morgan fingerprint density at radius 3 is 2.73 bits per heavy atom. The van der Waals surface area contributed by atoms with Gasteiger partial charge in [0.1, 0.15) is 6.10 Å². The quantitative estimate of drug-likeness (QED) is 0.314. The number of halogens is 1. The molecule has 1 rings (SSSR count). The summed E-state index contributed by atoms with van der Waals surface area (Å²) in [5, 5.41) is 30.2. The van der Waals surface area contributed by atoms with Gasteiger partial charge in [0.25, 0.3) is 0 Å². The maximum atomic E-state index is 9.64. The summed E-state index contributed by atoms with van der Waals surface area (Å²) in [6.45, 7) is 0. The Balaban J connectivity index is 2.89. The monoisotopic (exact) mass is 229 g/mol. The number of alkyl halides is 1. The van der Waals surface area contributed by atoms with Crippen molar-refractivity contribution in [2.45, 2.75) is 12.2 Å². The van der Waals surface area contributed by atoms with E-state index in [1.54, 1.807) is 24.3 Å². The minimum atomic E-state index is -1.03. The van der Waals surface area contributed by atoms with Crippen molar-refractivity contribution in [1.29, 1.82) is 0 Å². The predicted octanol–water partition coefficient (Wildman–Crippen LogP) is 1.13. The molecule has 82 valence electrons. The lowest BCUT2D eigenvalue weighted by Crippen LogP contribution is -2.19. The Labute approximate surface area is 92.4 Å². The van der Waals surface area contributed by atoms with E-state index in [-0.39, 0.29) is 5.88 Å². The molecule has 0 aromatic heterocycles.